The molecule has 32 heavy (non-hydrogen) atoms. The van der Waals surface area contributed by atoms with Crippen molar-refractivity contribution in [2.45, 2.75) is 26.9 Å². The maximum Gasteiger partial charge on any atom is 0.338 e. The molecule has 4 rings (SSSR count). The number of hydrogen-bond acceptors (Lipinski definition) is 6. The first-order valence-corrected chi connectivity index (χ1v) is 10.9. The molecule has 0 bridgehead atoms. The van der Waals surface area contributed by atoms with E-state index in [0.717, 1.165) is 34.0 Å². The lowest BCUT2D eigenvalue weighted by Gasteiger charge is -2.12. The molecule has 4 aromatic rings. The number of H-pyrrole nitrogens is 1. The minimum atomic E-state index is -0.971. The smallest absolute Gasteiger partial charge is 0.338 e. The van der Waals surface area contributed by atoms with E-state index in [4.69, 9.17) is 4.74 Å². The molecule has 0 aliphatic rings. The predicted octanol–water partition coefficient (Wildman–Crippen LogP) is 5.00. The molecule has 0 aliphatic carbocycles. The van der Waals surface area contributed by atoms with Gasteiger partial charge in [-0.1, -0.05) is 42.5 Å². The molecular formula is C24H22N4O3S. The van der Waals surface area contributed by atoms with Crippen LogP contribution in [0.2, 0.25) is 0 Å². The van der Waals surface area contributed by atoms with Gasteiger partial charge in [0.05, 0.1) is 17.0 Å². The van der Waals surface area contributed by atoms with Gasteiger partial charge in [0.1, 0.15) is 5.82 Å². The summed E-state index contributed by atoms with van der Waals surface area (Å²) in [6.07, 6.45) is -0.971. The fraction of sp³-hybridized carbons (Fsp3) is 0.167. The van der Waals surface area contributed by atoms with Gasteiger partial charge in [0.15, 0.2) is 11.2 Å². The van der Waals surface area contributed by atoms with Crippen molar-refractivity contribution in [1.29, 1.82) is 0 Å². The molecule has 0 fully saturated rings. The van der Waals surface area contributed by atoms with Gasteiger partial charge in [-0.15, -0.1) is 11.3 Å². The summed E-state index contributed by atoms with van der Waals surface area (Å²) in [7, 11) is 0. The van der Waals surface area contributed by atoms with Gasteiger partial charge < -0.3 is 9.72 Å². The zero-order chi connectivity index (χ0) is 22.7. The lowest BCUT2D eigenvalue weighted by atomic mass is 10.1. The first-order valence-electron chi connectivity index (χ1n) is 10.1. The molecule has 2 aromatic heterocycles. The number of imidazole rings is 1. The van der Waals surface area contributed by atoms with E-state index >= 15 is 0 Å². The van der Waals surface area contributed by atoms with Crippen LogP contribution < -0.4 is 5.32 Å². The third-order valence-corrected chi connectivity index (χ3v) is 5.74. The number of benzene rings is 2. The molecule has 162 valence electrons. The van der Waals surface area contributed by atoms with E-state index in [-0.39, 0.29) is 0 Å². The molecule has 0 saturated carbocycles. The van der Waals surface area contributed by atoms with Crippen molar-refractivity contribution in [3.63, 3.8) is 0 Å². The van der Waals surface area contributed by atoms with Crippen LogP contribution >= 0.6 is 11.3 Å². The van der Waals surface area contributed by atoms with Crippen LogP contribution in [-0.2, 0) is 9.53 Å². The Morgan fingerprint density at radius 1 is 1.00 bits per heavy atom. The molecule has 0 radical (unpaired) electrons. The molecule has 1 amide bonds. The highest BCUT2D eigenvalue weighted by Gasteiger charge is 2.20. The summed E-state index contributed by atoms with van der Waals surface area (Å²) >= 11 is 1.32. The second-order valence-electron chi connectivity index (χ2n) is 7.31. The maximum absolute atomic E-state index is 12.5. The number of anilines is 1. The van der Waals surface area contributed by atoms with E-state index in [9.17, 15) is 9.59 Å². The monoisotopic (exact) mass is 446 g/mol. The molecule has 8 heteroatoms. The van der Waals surface area contributed by atoms with Crippen LogP contribution in [0.1, 0.15) is 28.7 Å². The molecular weight excluding hydrogens is 424 g/mol. The van der Waals surface area contributed by atoms with Crippen molar-refractivity contribution in [2.24, 2.45) is 0 Å². The van der Waals surface area contributed by atoms with E-state index < -0.39 is 18.0 Å². The normalized spacial score (nSPS) is 11.7. The van der Waals surface area contributed by atoms with Gasteiger partial charge >= 0.3 is 5.97 Å². The lowest BCUT2D eigenvalue weighted by molar-refractivity contribution is -0.123. The molecule has 2 aromatic carbocycles. The van der Waals surface area contributed by atoms with Crippen LogP contribution in [0.4, 0.5) is 5.13 Å². The number of amides is 1. The van der Waals surface area contributed by atoms with Gasteiger partial charge in [-0.25, -0.2) is 14.8 Å². The number of carbonyl (C=O) groups excluding carboxylic acids is 2. The van der Waals surface area contributed by atoms with Gasteiger partial charge in [0, 0.05) is 22.2 Å². The topological polar surface area (TPSA) is 97.0 Å². The van der Waals surface area contributed by atoms with Crippen LogP contribution in [0.25, 0.3) is 22.6 Å². The van der Waals surface area contributed by atoms with Crippen molar-refractivity contribution in [3.05, 3.63) is 76.9 Å². The Balaban J connectivity index is 1.36. The number of aromatic nitrogens is 3. The van der Waals surface area contributed by atoms with Crippen molar-refractivity contribution < 1.29 is 14.3 Å². The van der Waals surface area contributed by atoms with E-state index in [2.05, 4.69) is 20.3 Å². The molecule has 1 unspecified atom stereocenters. The largest absolute Gasteiger partial charge is 0.449 e. The van der Waals surface area contributed by atoms with Gasteiger partial charge in [-0.2, -0.15) is 0 Å². The standard InChI is InChI=1S/C24H22N4O3S/c1-14-15(2)26-21(25-14)18-9-11-19(12-10-18)23(30)31-16(3)22(29)28-24-27-20(13-32-24)17-7-5-4-6-8-17/h4-13,16H,1-3H3,(H,25,26)(H,27,28,29). The van der Waals surface area contributed by atoms with Crippen LogP contribution in [-0.4, -0.2) is 32.9 Å². The Morgan fingerprint density at radius 3 is 2.38 bits per heavy atom. The number of hydrogen-bond donors (Lipinski definition) is 2. The highest BCUT2D eigenvalue weighted by Crippen LogP contribution is 2.25. The summed E-state index contributed by atoms with van der Waals surface area (Å²) < 4.78 is 5.33. The molecule has 2 N–H and O–H groups in total. The second-order valence-corrected chi connectivity index (χ2v) is 8.17. The van der Waals surface area contributed by atoms with Gasteiger partial charge in [-0.3, -0.25) is 10.1 Å². The Labute approximate surface area is 189 Å². The summed E-state index contributed by atoms with van der Waals surface area (Å²) in [6.45, 7) is 5.42. The number of aryl methyl sites for hydroxylation is 2. The number of aromatic amines is 1. The number of ether oxygens (including phenoxy) is 1. The number of carbonyl (C=O) groups is 2. The fourth-order valence-electron chi connectivity index (χ4n) is 3.01. The number of nitrogens with zero attached hydrogens (tertiary/aromatic N) is 2. The highest BCUT2D eigenvalue weighted by atomic mass is 32.1. The number of rotatable bonds is 6. The van der Waals surface area contributed by atoms with E-state index in [0.29, 0.717) is 10.7 Å². The number of thiazole rings is 1. The Kier molecular flexibility index (Phi) is 6.13. The van der Waals surface area contributed by atoms with Gasteiger partial charge in [0.2, 0.25) is 0 Å². The first-order chi connectivity index (χ1) is 15.4. The summed E-state index contributed by atoms with van der Waals surface area (Å²) in [4.78, 5) is 37.0. The zero-order valence-corrected chi connectivity index (χ0v) is 18.7. The minimum absolute atomic E-state index is 0.356. The third kappa shape index (κ3) is 4.76. The lowest BCUT2D eigenvalue weighted by Crippen LogP contribution is -2.29. The van der Waals surface area contributed by atoms with E-state index in [1.54, 1.807) is 24.3 Å². The first kappa shape index (κ1) is 21.5. The summed E-state index contributed by atoms with van der Waals surface area (Å²) in [5.41, 5.74) is 4.89. The fourth-order valence-corrected chi connectivity index (χ4v) is 3.73. The predicted molar refractivity (Wildman–Crippen MR) is 125 cm³/mol. The zero-order valence-electron chi connectivity index (χ0n) is 17.9. The Morgan fingerprint density at radius 2 is 1.72 bits per heavy atom. The van der Waals surface area contributed by atoms with Crippen LogP contribution in [0, 0.1) is 13.8 Å². The Bertz CT molecular complexity index is 1230. The SMILES string of the molecule is Cc1nc(-c2ccc(C(=O)OC(C)C(=O)Nc3nc(-c4ccccc4)cs3)cc2)[nH]c1C. The summed E-state index contributed by atoms with van der Waals surface area (Å²) in [6, 6.07) is 16.6. The molecule has 0 saturated heterocycles. The second kappa shape index (κ2) is 9.15. The van der Waals surface area contributed by atoms with Crippen molar-refractivity contribution >= 4 is 28.3 Å². The quantitative estimate of drug-likeness (QED) is 0.406. The van der Waals surface area contributed by atoms with E-state index in [1.807, 2.05) is 49.6 Å². The molecule has 7 nitrogen and oxygen atoms in total. The van der Waals surface area contributed by atoms with Crippen LogP contribution in [0.5, 0.6) is 0 Å². The summed E-state index contributed by atoms with van der Waals surface area (Å²) in [5.74, 6) is -0.272. The summed E-state index contributed by atoms with van der Waals surface area (Å²) in [5, 5.41) is 5.02. The van der Waals surface area contributed by atoms with Gasteiger partial charge in [0.25, 0.3) is 5.91 Å². The Hall–Kier alpha value is -3.78. The van der Waals surface area contributed by atoms with Crippen LogP contribution in [0.3, 0.4) is 0 Å². The molecule has 0 spiro atoms. The van der Waals surface area contributed by atoms with Crippen molar-refractivity contribution in [1.82, 2.24) is 15.0 Å². The minimum Gasteiger partial charge on any atom is -0.449 e. The molecule has 1 atom stereocenters. The average molecular weight is 447 g/mol. The third-order valence-electron chi connectivity index (χ3n) is 4.98. The number of esters is 1. The number of nitrogens with one attached hydrogen (secondary N) is 2. The van der Waals surface area contributed by atoms with E-state index in [1.165, 1.54) is 18.3 Å². The molecule has 2 heterocycles. The average Bonchev–Trinajstić information content (AvgIpc) is 3.40. The van der Waals surface area contributed by atoms with Crippen LogP contribution in [0.15, 0.2) is 60.0 Å². The van der Waals surface area contributed by atoms with Crippen molar-refractivity contribution in [2.75, 3.05) is 5.32 Å². The highest BCUT2D eigenvalue weighted by molar-refractivity contribution is 7.14. The molecule has 0 aliphatic heterocycles. The van der Waals surface area contributed by atoms with Gasteiger partial charge in [-0.05, 0) is 32.9 Å². The maximum atomic E-state index is 12.5. The van der Waals surface area contributed by atoms with Crippen molar-refractivity contribution in [3.8, 4) is 22.6 Å².